The third-order valence-corrected chi connectivity index (χ3v) is 3.70. The maximum Gasteiger partial charge on any atom is 0.306 e. The Morgan fingerprint density at radius 1 is 1.26 bits per heavy atom. The van der Waals surface area contributed by atoms with Crippen molar-refractivity contribution in [2.45, 2.75) is 32.1 Å². The molecule has 0 radical (unpaired) electrons. The maximum absolute atomic E-state index is 11.9. The molecule has 1 aliphatic carbocycles. The van der Waals surface area contributed by atoms with Crippen LogP contribution < -0.4 is 5.32 Å². The second-order valence-corrected chi connectivity index (χ2v) is 5.01. The lowest BCUT2D eigenvalue weighted by atomic mass is 9.81. The molecule has 1 aromatic heterocycles. The number of carboxylic acid groups (broad SMARTS) is 1. The quantitative estimate of drug-likeness (QED) is 0.851. The number of furan rings is 1. The summed E-state index contributed by atoms with van der Waals surface area (Å²) < 4.78 is 5.18. The second-order valence-electron chi connectivity index (χ2n) is 5.01. The van der Waals surface area contributed by atoms with Crippen molar-refractivity contribution in [3.05, 3.63) is 24.2 Å². The molecule has 0 unspecified atom stereocenters. The molecule has 0 aromatic carbocycles. The lowest BCUT2D eigenvalue weighted by Crippen LogP contribution is -2.35. The molecule has 1 fully saturated rings. The minimum absolute atomic E-state index is 0.0350. The van der Waals surface area contributed by atoms with Gasteiger partial charge in [-0.25, -0.2) is 0 Å². The van der Waals surface area contributed by atoms with Gasteiger partial charge in [0.1, 0.15) is 5.76 Å². The molecule has 0 atom stereocenters. The number of rotatable bonds is 5. The van der Waals surface area contributed by atoms with Crippen LogP contribution in [0.4, 0.5) is 0 Å². The van der Waals surface area contributed by atoms with Crippen LogP contribution in [-0.4, -0.2) is 23.5 Å². The Morgan fingerprint density at radius 2 is 1.95 bits per heavy atom. The van der Waals surface area contributed by atoms with Crippen molar-refractivity contribution in [2.75, 3.05) is 6.54 Å². The van der Waals surface area contributed by atoms with Gasteiger partial charge in [-0.2, -0.15) is 0 Å². The average molecular weight is 265 g/mol. The fourth-order valence-electron chi connectivity index (χ4n) is 2.51. The molecule has 19 heavy (non-hydrogen) atoms. The molecule has 0 spiro atoms. The van der Waals surface area contributed by atoms with Gasteiger partial charge in [0, 0.05) is 18.9 Å². The summed E-state index contributed by atoms with van der Waals surface area (Å²) in [7, 11) is 0. The van der Waals surface area contributed by atoms with Crippen molar-refractivity contribution in [2.24, 2.45) is 11.8 Å². The van der Waals surface area contributed by atoms with Crippen LogP contribution in [0.25, 0.3) is 0 Å². The van der Waals surface area contributed by atoms with Gasteiger partial charge in [-0.1, -0.05) is 0 Å². The summed E-state index contributed by atoms with van der Waals surface area (Å²) in [5, 5.41) is 11.8. The summed E-state index contributed by atoms with van der Waals surface area (Å²) in [4.78, 5) is 22.7. The van der Waals surface area contributed by atoms with Crippen LogP contribution in [0.1, 0.15) is 31.4 Å². The number of hydrogen-bond donors (Lipinski definition) is 2. The Balaban J connectivity index is 1.68. The van der Waals surface area contributed by atoms with E-state index in [4.69, 9.17) is 9.52 Å². The van der Waals surface area contributed by atoms with E-state index in [0.717, 1.165) is 5.76 Å². The molecule has 0 bridgehead atoms. The highest BCUT2D eigenvalue weighted by Gasteiger charge is 2.29. The molecule has 5 nitrogen and oxygen atoms in total. The number of nitrogens with one attached hydrogen (secondary N) is 1. The van der Waals surface area contributed by atoms with Gasteiger partial charge in [0.15, 0.2) is 0 Å². The van der Waals surface area contributed by atoms with E-state index in [1.54, 1.807) is 6.26 Å². The molecule has 2 rings (SSSR count). The molecule has 0 aliphatic heterocycles. The Hall–Kier alpha value is -1.78. The van der Waals surface area contributed by atoms with E-state index in [-0.39, 0.29) is 17.7 Å². The zero-order valence-electron chi connectivity index (χ0n) is 10.8. The number of carbonyl (C=O) groups is 2. The molecule has 5 heteroatoms. The normalized spacial score (nSPS) is 22.9. The minimum Gasteiger partial charge on any atom is -0.481 e. The van der Waals surface area contributed by atoms with Gasteiger partial charge in [-0.3, -0.25) is 9.59 Å². The summed E-state index contributed by atoms with van der Waals surface area (Å²) in [6, 6.07) is 3.70. The van der Waals surface area contributed by atoms with Gasteiger partial charge in [-0.05, 0) is 37.8 Å². The SMILES string of the molecule is O=C(O)C1CCC(C(=O)NCCc2ccco2)CC1. The number of amides is 1. The third kappa shape index (κ3) is 3.84. The summed E-state index contributed by atoms with van der Waals surface area (Å²) in [6.07, 6.45) is 4.85. The fourth-order valence-corrected chi connectivity index (χ4v) is 2.51. The van der Waals surface area contributed by atoms with E-state index in [9.17, 15) is 9.59 Å². The molecule has 2 N–H and O–H groups in total. The van der Waals surface area contributed by atoms with Gasteiger partial charge < -0.3 is 14.8 Å². The van der Waals surface area contributed by atoms with E-state index in [1.807, 2.05) is 12.1 Å². The van der Waals surface area contributed by atoms with Gasteiger partial charge in [0.25, 0.3) is 0 Å². The largest absolute Gasteiger partial charge is 0.481 e. The van der Waals surface area contributed by atoms with Crippen LogP contribution in [0.3, 0.4) is 0 Å². The predicted molar refractivity (Wildman–Crippen MR) is 68.5 cm³/mol. The predicted octanol–water partition coefficient (Wildman–Crippen LogP) is 1.83. The van der Waals surface area contributed by atoms with Gasteiger partial charge >= 0.3 is 5.97 Å². The lowest BCUT2D eigenvalue weighted by Gasteiger charge is -2.25. The topological polar surface area (TPSA) is 79.5 Å². The molecule has 1 aliphatic rings. The van der Waals surface area contributed by atoms with E-state index >= 15 is 0 Å². The fraction of sp³-hybridized carbons (Fsp3) is 0.571. The highest BCUT2D eigenvalue weighted by atomic mass is 16.4. The van der Waals surface area contributed by atoms with Crippen LogP contribution in [0.2, 0.25) is 0 Å². The first-order valence-corrected chi connectivity index (χ1v) is 6.69. The second kappa shape index (κ2) is 6.41. The van der Waals surface area contributed by atoms with Crippen LogP contribution in [-0.2, 0) is 16.0 Å². The summed E-state index contributed by atoms with van der Waals surface area (Å²) in [6.45, 7) is 0.561. The van der Waals surface area contributed by atoms with Crippen LogP contribution >= 0.6 is 0 Å². The van der Waals surface area contributed by atoms with Gasteiger partial charge in [-0.15, -0.1) is 0 Å². The first-order chi connectivity index (χ1) is 9.16. The van der Waals surface area contributed by atoms with E-state index in [2.05, 4.69) is 5.32 Å². The van der Waals surface area contributed by atoms with Crippen molar-refractivity contribution >= 4 is 11.9 Å². The van der Waals surface area contributed by atoms with Crippen molar-refractivity contribution < 1.29 is 19.1 Å². The van der Waals surface area contributed by atoms with Crippen LogP contribution in [0.5, 0.6) is 0 Å². The summed E-state index contributed by atoms with van der Waals surface area (Å²) >= 11 is 0. The molecule has 104 valence electrons. The maximum atomic E-state index is 11.9. The Morgan fingerprint density at radius 3 is 2.53 bits per heavy atom. The molecule has 1 heterocycles. The smallest absolute Gasteiger partial charge is 0.306 e. The minimum atomic E-state index is -0.739. The van der Waals surface area contributed by atoms with Crippen LogP contribution in [0.15, 0.2) is 22.8 Å². The summed E-state index contributed by atoms with van der Waals surface area (Å²) in [5.74, 6) is -0.152. The zero-order valence-corrected chi connectivity index (χ0v) is 10.8. The lowest BCUT2D eigenvalue weighted by molar-refractivity contribution is -0.144. The Labute approximate surface area is 112 Å². The third-order valence-electron chi connectivity index (χ3n) is 3.70. The molecular formula is C14H19NO4. The number of carboxylic acids is 1. The Bertz CT molecular complexity index is 419. The average Bonchev–Trinajstić information content (AvgIpc) is 2.92. The molecule has 1 saturated carbocycles. The van der Waals surface area contributed by atoms with Gasteiger partial charge in [0.05, 0.1) is 12.2 Å². The molecular weight excluding hydrogens is 246 g/mol. The number of hydrogen-bond acceptors (Lipinski definition) is 3. The standard InChI is InChI=1S/C14H19NO4/c16-13(15-8-7-12-2-1-9-19-12)10-3-5-11(6-4-10)14(17)18/h1-2,9-11H,3-8H2,(H,15,16)(H,17,18). The van der Waals surface area contributed by atoms with Crippen molar-refractivity contribution in [1.29, 1.82) is 0 Å². The zero-order chi connectivity index (χ0) is 13.7. The molecule has 1 aromatic rings. The number of aliphatic carboxylic acids is 1. The first kappa shape index (κ1) is 13.6. The number of carbonyl (C=O) groups excluding carboxylic acids is 1. The van der Waals surface area contributed by atoms with E-state index in [1.165, 1.54) is 0 Å². The highest BCUT2D eigenvalue weighted by Crippen LogP contribution is 2.28. The summed E-state index contributed by atoms with van der Waals surface area (Å²) in [5.41, 5.74) is 0. The monoisotopic (exact) mass is 265 g/mol. The van der Waals surface area contributed by atoms with Crippen LogP contribution in [0, 0.1) is 11.8 Å². The van der Waals surface area contributed by atoms with E-state index < -0.39 is 5.97 Å². The van der Waals surface area contributed by atoms with Gasteiger partial charge in [0.2, 0.25) is 5.91 Å². The Kier molecular flexibility index (Phi) is 4.60. The molecule has 0 saturated heterocycles. The molecule has 1 amide bonds. The van der Waals surface area contributed by atoms with Crippen molar-refractivity contribution in [3.8, 4) is 0 Å². The highest BCUT2D eigenvalue weighted by molar-refractivity contribution is 5.79. The van der Waals surface area contributed by atoms with Crippen molar-refractivity contribution in [3.63, 3.8) is 0 Å². The van der Waals surface area contributed by atoms with E-state index in [0.29, 0.717) is 38.6 Å². The van der Waals surface area contributed by atoms with Crippen molar-refractivity contribution in [1.82, 2.24) is 5.32 Å². The first-order valence-electron chi connectivity index (χ1n) is 6.69.